The van der Waals surface area contributed by atoms with Crippen molar-refractivity contribution in [1.29, 1.82) is 0 Å². The molecule has 0 atom stereocenters. The maximum Gasteiger partial charge on any atom is 0.291 e. The molecule has 0 radical (unpaired) electrons. The summed E-state index contributed by atoms with van der Waals surface area (Å²) in [4.78, 5) is 17.1. The van der Waals surface area contributed by atoms with Gasteiger partial charge in [-0.1, -0.05) is 34.8 Å². The summed E-state index contributed by atoms with van der Waals surface area (Å²) < 4.78 is 11.5. The summed E-state index contributed by atoms with van der Waals surface area (Å²) in [7, 11) is 0. The van der Waals surface area contributed by atoms with Crippen LogP contribution >= 0.6 is 34.8 Å². The predicted octanol–water partition coefficient (Wildman–Crippen LogP) is 7.97. The van der Waals surface area contributed by atoms with Gasteiger partial charge in [0.1, 0.15) is 11.3 Å². The second kappa shape index (κ2) is 8.36. The quantitative estimate of drug-likeness (QED) is 0.281. The topological polar surface area (TPSA) is 68.3 Å². The first kappa shape index (κ1) is 20.6. The summed E-state index contributed by atoms with van der Waals surface area (Å²) in [5.41, 5.74) is 3.25. The number of furan rings is 1. The van der Waals surface area contributed by atoms with Gasteiger partial charge >= 0.3 is 0 Å². The zero-order chi connectivity index (χ0) is 22.2. The number of rotatable bonds is 4. The van der Waals surface area contributed by atoms with Gasteiger partial charge in [0, 0.05) is 21.8 Å². The summed E-state index contributed by atoms with van der Waals surface area (Å²) in [5.74, 6) is 0.787. The highest BCUT2D eigenvalue weighted by atomic mass is 35.5. The smallest absolute Gasteiger partial charge is 0.291 e. The van der Waals surface area contributed by atoms with Crippen LogP contribution in [0, 0.1) is 0 Å². The molecule has 2 heterocycles. The van der Waals surface area contributed by atoms with E-state index in [0.717, 1.165) is 5.56 Å². The fraction of sp³-hybridized carbons (Fsp3) is 0. The van der Waals surface area contributed by atoms with E-state index in [1.807, 2.05) is 12.1 Å². The van der Waals surface area contributed by atoms with Crippen molar-refractivity contribution in [3.05, 3.63) is 93.6 Å². The molecule has 5 rings (SSSR count). The minimum atomic E-state index is -0.377. The Bertz CT molecular complexity index is 1460. The normalized spacial score (nSPS) is 11.1. The van der Waals surface area contributed by atoms with Gasteiger partial charge in [-0.2, -0.15) is 0 Å². The fourth-order valence-corrected chi connectivity index (χ4v) is 3.60. The number of fused-ring (bicyclic) bond motifs is 1. The molecule has 5 aromatic rings. The Kier molecular flexibility index (Phi) is 5.39. The molecule has 0 aliphatic heterocycles. The molecule has 1 amide bonds. The van der Waals surface area contributed by atoms with Gasteiger partial charge in [0.2, 0.25) is 5.89 Å². The van der Waals surface area contributed by atoms with E-state index < -0.39 is 0 Å². The number of nitrogens with one attached hydrogen (secondary N) is 1. The Hall–Kier alpha value is -3.25. The molecule has 5 nitrogen and oxygen atoms in total. The molecule has 0 saturated heterocycles. The van der Waals surface area contributed by atoms with Gasteiger partial charge in [-0.25, -0.2) is 4.98 Å². The molecule has 0 spiro atoms. The third kappa shape index (κ3) is 4.10. The highest BCUT2D eigenvalue weighted by Crippen LogP contribution is 2.31. The van der Waals surface area contributed by atoms with Crippen LogP contribution in [0.15, 0.2) is 81.6 Å². The third-order valence-electron chi connectivity index (χ3n) is 4.77. The molecule has 3 aromatic carbocycles. The van der Waals surface area contributed by atoms with Crippen LogP contribution in [0.4, 0.5) is 5.69 Å². The van der Waals surface area contributed by atoms with Crippen LogP contribution < -0.4 is 5.32 Å². The number of carbonyl (C=O) groups excluding carboxylic acids is 1. The Labute approximate surface area is 197 Å². The predicted molar refractivity (Wildman–Crippen MR) is 127 cm³/mol. The summed E-state index contributed by atoms with van der Waals surface area (Å²) in [5, 5.41) is 4.31. The van der Waals surface area contributed by atoms with Crippen molar-refractivity contribution >= 4 is 57.5 Å². The number of hydrogen-bond acceptors (Lipinski definition) is 4. The third-order valence-corrected chi connectivity index (χ3v) is 5.76. The Morgan fingerprint density at radius 3 is 2.34 bits per heavy atom. The standard InChI is InChI=1S/C24H13Cl3N2O3/c25-15-4-1-13(2-5-15)20-9-10-22(31-20)23(30)28-16-6-8-21-19(12-16)29-24(32-21)14-3-7-17(26)18(27)11-14/h1-12H,(H,28,30). The van der Waals surface area contributed by atoms with E-state index in [9.17, 15) is 4.79 Å². The molecule has 158 valence electrons. The van der Waals surface area contributed by atoms with Crippen LogP contribution in [-0.2, 0) is 0 Å². The number of oxazole rings is 1. The van der Waals surface area contributed by atoms with Gasteiger partial charge in [0.15, 0.2) is 11.3 Å². The monoisotopic (exact) mass is 482 g/mol. The first-order valence-electron chi connectivity index (χ1n) is 9.49. The maximum atomic E-state index is 12.6. The molecular weight excluding hydrogens is 471 g/mol. The van der Waals surface area contributed by atoms with E-state index in [2.05, 4.69) is 10.3 Å². The lowest BCUT2D eigenvalue weighted by atomic mass is 10.2. The number of halogens is 3. The van der Waals surface area contributed by atoms with Crippen molar-refractivity contribution in [2.45, 2.75) is 0 Å². The molecule has 8 heteroatoms. The van der Waals surface area contributed by atoms with Gasteiger partial charge in [0.05, 0.1) is 10.0 Å². The summed E-state index contributed by atoms with van der Waals surface area (Å²) in [6.45, 7) is 0. The average Bonchev–Trinajstić information content (AvgIpc) is 3.43. The second-order valence-electron chi connectivity index (χ2n) is 6.96. The lowest BCUT2D eigenvalue weighted by Crippen LogP contribution is -2.10. The number of aromatic nitrogens is 1. The van der Waals surface area contributed by atoms with E-state index >= 15 is 0 Å². The summed E-state index contributed by atoms with van der Waals surface area (Å²) in [6.07, 6.45) is 0. The molecular formula is C24H13Cl3N2O3. The van der Waals surface area contributed by atoms with E-state index in [1.165, 1.54) is 0 Å². The van der Waals surface area contributed by atoms with Crippen LogP contribution in [0.2, 0.25) is 15.1 Å². The highest BCUT2D eigenvalue weighted by molar-refractivity contribution is 6.42. The highest BCUT2D eigenvalue weighted by Gasteiger charge is 2.15. The molecule has 0 unspecified atom stereocenters. The molecule has 1 N–H and O–H groups in total. The zero-order valence-corrected chi connectivity index (χ0v) is 18.5. The van der Waals surface area contributed by atoms with Crippen molar-refractivity contribution < 1.29 is 13.6 Å². The van der Waals surface area contributed by atoms with Crippen LogP contribution in [0.25, 0.3) is 33.9 Å². The SMILES string of the molecule is O=C(Nc1ccc2oc(-c3ccc(Cl)c(Cl)c3)nc2c1)c1ccc(-c2ccc(Cl)cc2)o1. The van der Waals surface area contributed by atoms with Gasteiger partial charge in [-0.05, 0) is 72.8 Å². The molecule has 0 fully saturated rings. The van der Waals surface area contributed by atoms with Crippen LogP contribution in [-0.4, -0.2) is 10.9 Å². The van der Waals surface area contributed by atoms with Gasteiger partial charge in [0.25, 0.3) is 5.91 Å². The fourth-order valence-electron chi connectivity index (χ4n) is 3.18. The number of amides is 1. The van der Waals surface area contributed by atoms with Crippen molar-refractivity contribution in [3.63, 3.8) is 0 Å². The lowest BCUT2D eigenvalue weighted by Gasteiger charge is -2.02. The zero-order valence-electron chi connectivity index (χ0n) is 16.2. The molecule has 0 aliphatic carbocycles. The Morgan fingerprint density at radius 2 is 1.56 bits per heavy atom. The lowest BCUT2D eigenvalue weighted by molar-refractivity contribution is 0.0997. The number of nitrogens with zero attached hydrogens (tertiary/aromatic N) is 1. The number of carbonyl (C=O) groups is 1. The average molecular weight is 484 g/mol. The van der Waals surface area contributed by atoms with Crippen LogP contribution in [0.1, 0.15) is 10.6 Å². The summed E-state index contributed by atoms with van der Waals surface area (Å²) in [6, 6.07) is 20.9. The van der Waals surface area contributed by atoms with Gasteiger partial charge < -0.3 is 14.2 Å². The first-order chi connectivity index (χ1) is 15.5. The van der Waals surface area contributed by atoms with Crippen molar-refractivity contribution in [1.82, 2.24) is 4.98 Å². The minimum absolute atomic E-state index is 0.187. The first-order valence-corrected chi connectivity index (χ1v) is 10.6. The van der Waals surface area contributed by atoms with Crippen LogP contribution in [0.3, 0.4) is 0 Å². The molecule has 0 aliphatic rings. The Morgan fingerprint density at radius 1 is 0.781 bits per heavy atom. The van der Waals surface area contributed by atoms with Gasteiger partial charge in [-0.3, -0.25) is 4.79 Å². The maximum absolute atomic E-state index is 12.6. The van der Waals surface area contributed by atoms with Crippen molar-refractivity contribution in [2.24, 2.45) is 0 Å². The summed E-state index contributed by atoms with van der Waals surface area (Å²) >= 11 is 18.0. The van der Waals surface area contributed by atoms with Crippen LogP contribution in [0.5, 0.6) is 0 Å². The molecule has 0 bridgehead atoms. The van der Waals surface area contributed by atoms with E-state index in [-0.39, 0.29) is 11.7 Å². The van der Waals surface area contributed by atoms with E-state index in [1.54, 1.807) is 60.7 Å². The van der Waals surface area contributed by atoms with Crippen molar-refractivity contribution in [2.75, 3.05) is 5.32 Å². The number of hydrogen-bond donors (Lipinski definition) is 1. The van der Waals surface area contributed by atoms with Gasteiger partial charge in [-0.15, -0.1) is 0 Å². The number of anilines is 1. The largest absolute Gasteiger partial charge is 0.451 e. The molecule has 2 aromatic heterocycles. The molecule has 32 heavy (non-hydrogen) atoms. The molecule has 0 saturated carbocycles. The van der Waals surface area contributed by atoms with E-state index in [0.29, 0.717) is 49.1 Å². The van der Waals surface area contributed by atoms with E-state index in [4.69, 9.17) is 43.6 Å². The second-order valence-corrected chi connectivity index (χ2v) is 8.21. The van der Waals surface area contributed by atoms with Crippen molar-refractivity contribution in [3.8, 4) is 22.8 Å². The Balaban J connectivity index is 1.36. The minimum Gasteiger partial charge on any atom is -0.451 e. The number of benzene rings is 3.